The summed E-state index contributed by atoms with van der Waals surface area (Å²) in [5.74, 6) is 0.859. The highest BCUT2D eigenvalue weighted by Gasteiger charge is 1.89. The second kappa shape index (κ2) is 4.83. The molecule has 1 rings (SSSR count). The quantitative estimate of drug-likeness (QED) is 0.528. The van der Waals surface area contributed by atoms with Gasteiger partial charge < -0.3 is 4.74 Å². The van der Waals surface area contributed by atoms with Gasteiger partial charge >= 0.3 is 0 Å². The lowest BCUT2D eigenvalue weighted by Gasteiger charge is -1.97. The van der Waals surface area contributed by atoms with Gasteiger partial charge in [0.15, 0.2) is 0 Å². The number of rotatable bonds is 3. The van der Waals surface area contributed by atoms with Crippen LogP contribution in [-0.2, 0) is 0 Å². The Morgan fingerprint density at radius 3 is 2.50 bits per heavy atom. The monoisotopic (exact) mass is 181 g/mol. The highest BCUT2D eigenvalue weighted by Crippen LogP contribution is 2.17. The van der Waals surface area contributed by atoms with Crippen molar-refractivity contribution in [3.8, 4) is 5.75 Å². The van der Waals surface area contributed by atoms with Crippen LogP contribution < -0.4 is 4.74 Å². The zero-order valence-corrected chi connectivity index (χ0v) is 7.97. The van der Waals surface area contributed by atoms with Gasteiger partial charge in [0.25, 0.3) is 0 Å². The SMILES string of the molecule is COc1ccc(N=CSC)cc1. The van der Waals surface area contributed by atoms with Gasteiger partial charge in [0.2, 0.25) is 0 Å². The number of hydrogen-bond donors (Lipinski definition) is 0. The molecule has 2 nitrogen and oxygen atoms in total. The van der Waals surface area contributed by atoms with Gasteiger partial charge in [-0.2, -0.15) is 0 Å². The molecule has 0 aromatic heterocycles. The molecular formula is C9H11NOS. The number of ether oxygens (including phenoxy) is 1. The maximum atomic E-state index is 5.02. The predicted octanol–water partition coefficient (Wildman–Crippen LogP) is 2.72. The minimum absolute atomic E-state index is 0.859. The molecule has 1 aromatic rings. The molecule has 0 bridgehead atoms. The third-order valence-corrected chi connectivity index (χ3v) is 1.70. The maximum Gasteiger partial charge on any atom is 0.119 e. The van der Waals surface area contributed by atoms with Crippen molar-refractivity contribution in [3.05, 3.63) is 24.3 Å². The van der Waals surface area contributed by atoms with E-state index in [4.69, 9.17) is 4.74 Å². The minimum Gasteiger partial charge on any atom is -0.497 e. The largest absolute Gasteiger partial charge is 0.497 e. The molecule has 0 aliphatic heterocycles. The Labute approximate surface area is 76.7 Å². The molecule has 3 heteroatoms. The lowest BCUT2D eigenvalue weighted by molar-refractivity contribution is 0.415. The summed E-state index contributed by atoms with van der Waals surface area (Å²) in [6, 6.07) is 7.64. The summed E-state index contributed by atoms with van der Waals surface area (Å²) in [6.07, 6.45) is 1.98. The van der Waals surface area contributed by atoms with E-state index >= 15 is 0 Å². The normalized spacial score (nSPS) is 10.5. The van der Waals surface area contributed by atoms with Gasteiger partial charge in [0.05, 0.1) is 18.3 Å². The van der Waals surface area contributed by atoms with Gasteiger partial charge in [0, 0.05) is 0 Å². The summed E-state index contributed by atoms with van der Waals surface area (Å²) in [6.45, 7) is 0. The molecule has 0 unspecified atom stereocenters. The summed E-state index contributed by atoms with van der Waals surface area (Å²) in [7, 11) is 1.65. The van der Waals surface area contributed by atoms with Crippen molar-refractivity contribution < 1.29 is 4.74 Å². The molecule has 0 spiro atoms. The van der Waals surface area contributed by atoms with E-state index in [1.165, 1.54) is 0 Å². The fraction of sp³-hybridized carbons (Fsp3) is 0.222. The summed E-state index contributed by atoms with van der Waals surface area (Å²) < 4.78 is 5.02. The van der Waals surface area contributed by atoms with Crippen LogP contribution in [0.2, 0.25) is 0 Å². The molecule has 0 atom stereocenters. The van der Waals surface area contributed by atoms with Crippen LogP contribution in [0.4, 0.5) is 5.69 Å². The Morgan fingerprint density at radius 2 is 2.00 bits per heavy atom. The van der Waals surface area contributed by atoms with E-state index < -0.39 is 0 Å². The Balaban J connectivity index is 2.71. The molecule has 0 N–H and O–H groups in total. The van der Waals surface area contributed by atoms with Gasteiger partial charge in [-0.3, -0.25) is 4.99 Å². The van der Waals surface area contributed by atoms with E-state index in [-0.39, 0.29) is 0 Å². The first-order valence-corrected chi connectivity index (χ1v) is 4.85. The van der Waals surface area contributed by atoms with E-state index in [2.05, 4.69) is 4.99 Å². The van der Waals surface area contributed by atoms with E-state index in [1.54, 1.807) is 18.9 Å². The van der Waals surface area contributed by atoms with Crippen molar-refractivity contribution in [2.45, 2.75) is 0 Å². The van der Waals surface area contributed by atoms with Crippen LogP contribution in [0.5, 0.6) is 5.75 Å². The smallest absolute Gasteiger partial charge is 0.119 e. The number of hydrogen-bond acceptors (Lipinski definition) is 3. The molecule has 12 heavy (non-hydrogen) atoms. The molecule has 0 saturated carbocycles. The van der Waals surface area contributed by atoms with Gasteiger partial charge in [-0.05, 0) is 30.5 Å². The van der Waals surface area contributed by atoms with Crippen molar-refractivity contribution >= 4 is 23.0 Å². The molecule has 0 heterocycles. The average Bonchev–Trinajstić information content (AvgIpc) is 2.15. The molecule has 0 saturated heterocycles. The van der Waals surface area contributed by atoms with Crippen LogP contribution in [0.25, 0.3) is 0 Å². The van der Waals surface area contributed by atoms with Crippen molar-refractivity contribution in [3.63, 3.8) is 0 Å². The van der Waals surface area contributed by atoms with Gasteiger partial charge in [0.1, 0.15) is 5.75 Å². The Hall–Kier alpha value is -0.960. The number of benzene rings is 1. The Morgan fingerprint density at radius 1 is 1.33 bits per heavy atom. The highest BCUT2D eigenvalue weighted by molar-refractivity contribution is 8.11. The maximum absolute atomic E-state index is 5.02. The molecule has 0 fully saturated rings. The van der Waals surface area contributed by atoms with E-state index in [1.807, 2.05) is 36.1 Å². The molecule has 0 aliphatic rings. The van der Waals surface area contributed by atoms with Gasteiger partial charge in [-0.1, -0.05) is 0 Å². The van der Waals surface area contributed by atoms with E-state index in [0.717, 1.165) is 11.4 Å². The van der Waals surface area contributed by atoms with Crippen LogP contribution in [0.15, 0.2) is 29.3 Å². The number of aliphatic imine (C=N–C) groups is 1. The minimum atomic E-state index is 0.859. The first-order chi connectivity index (χ1) is 5.86. The van der Waals surface area contributed by atoms with Gasteiger partial charge in [-0.25, -0.2) is 0 Å². The number of thioether (sulfide) groups is 1. The van der Waals surface area contributed by atoms with E-state index in [9.17, 15) is 0 Å². The van der Waals surface area contributed by atoms with Crippen LogP contribution in [0, 0.1) is 0 Å². The molecule has 0 aliphatic carbocycles. The van der Waals surface area contributed by atoms with Crippen molar-refractivity contribution in [1.82, 2.24) is 0 Å². The summed E-state index contributed by atoms with van der Waals surface area (Å²) in [4.78, 5) is 4.18. The first-order valence-electron chi connectivity index (χ1n) is 3.56. The second-order valence-corrected chi connectivity index (χ2v) is 2.85. The zero-order chi connectivity index (χ0) is 8.81. The van der Waals surface area contributed by atoms with Crippen LogP contribution in [0.1, 0.15) is 0 Å². The topological polar surface area (TPSA) is 21.6 Å². The third-order valence-electron chi connectivity index (χ3n) is 1.38. The van der Waals surface area contributed by atoms with Crippen molar-refractivity contribution in [2.75, 3.05) is 13.4 Å². The average molecular weight is 181 g/mol. The summed E-state index contributed by atoms with van der Waals surface area (Å²) in [5, 5.41) is 0. The fourth-order valence-electron chi connectivity index (χ4n) is 0.782. The highest BCUT2D eigenvalue weighted by atomic mass is 32.2. The molecule has 0 radical (unpaired) electrons. The lowest BCUT2D eigenvalue weighted by atomic mass is 10.3. The summed E-state index contributed by atoms with van der Waals surface area (Å²) >= 11 is 1.58. The molecule has 64 valence electrons. The Kier molecular flexibility index (Phi) is 3.67. The van der Waals surface area contributed by atoms with Gasteiger partial charge in [-0.15, -0.1) is 11.8 Å². The molecular weight excluding hydrogens is 170 g/mol. The molecule has 1 aromatic carbocycles. The lowest BCUT2D eigenvalue weighted by Crippen LogP contribution is -1.79. The number of nitrogens with zero attached hydrogens (tertiary/aromatic N) is 1. The third kappa shape index (κ3) is 2.58. The summed E-state index contributed by atoms with van der Waals surface area (Å²) in [5.41, 5.74) is 2.76. The molecule has 0 amide bonds. The second-order valence-electron chi connectivity index (χ2n) is 2.17. The fourth-order valence-corrected chi connectivity index (χ4v) is 1.01. The van der Waals surface area contributed by atoms with E-state index in [0.29, 0.717) is 0 Å². The first kappa shape index (κ1) is 9.13. The van der Waals surface area contributed by atoms with Crippen LogP contribution in [-0.4, -0.2) is 18.9 Å². The van der Waals surface area contributed by atoms with Crippen molar-refractivity contribution in [2.24, 2.45) is 4.99 Å². The van der Waals surface area contributed by atoms with Crippen LogP contribution >= 0.6 is 11.8 Å². The predicted molar refractivity (Wildman–Crippen MR) is 54.7 cm³/mol. The standard InChI is InChI=1S/C9H11NOS/c1-11-9-5-3-8(4-6-9)10-7-12-2/h3-7H,1-2H3. The van der Waals surface area contributed by atoms with Crippen molar-refractivity contribution in [1.29, 1.82) is 0 Å². The Bertz CT molecular complexity index is 256. The zero-order valence-electron chi connectivity index (χ0n) is 7.15. The number of methoxy groups -OCH3 is 1. The van der Waals surface area contributed by atoms with Crippen LogP contribution in [0.3, 0.4) is 0 Å².